The second-order valence-electron chi connectivity index (χ2n) is 13.6. The number of rotatable bonds is 8. The third-order valence-electron chi connectivity index (χ3n) is 10.7. The number of allylic oxidation sites excluding steroid dienone is 12. The first-order valence-electron chi connectivity index (χ1n) is 17.4. The summed E-state index contributed by atoms with van der Waals surface area (Å²) in [7, 11) is 0. The van der Waals surface area contributed by atoms with Crippen LogP contribution in [-0.2, 0) is 0 Å². The van der Waals surface area contributed by atoms with E-state index in [1.54, 1.807) is 12.3 Å². The summed E-state index contributed by atoms with van der Waals surface area (Å²) < 4.78 is 0. The summed E-state index contributed by atoms with van der Waals surface area (Å²) in [4.78, 5) is 14.3. The monoisotopic (exact) mass is 645 g/mol. The minimum absolute atomic E-state index is 0.230. The van der Waals surface area contributed by atoms with Gasteiger partial charge in [0.15, 0.2) is 0 Å². The molecule has 8 rings (SSSR count). The van der Waals surface area contributed by atoms with Gasteiger partial charge < -0.3 is 0 Å². The van der Waals surface area contributed by atoms with E-state index in [0.29, 0.717) is 23.7 Å². The first kappa shape index (κ1) is 31.4. The molecule has 4 aliphatic rings. The Balaban J connectivity index is 1.05. The van der Waals surface area contributed by atoms with Crippen LogP contribution >= 0.6 is 0 Å². The predicted molar refractivity (Wildman–Crippen MR) is 211 cm³/mol. The molecule has 3 aromatic carbocycles. The van der Waals surface area contributed by atoms with E-state index in [9.17, 15) is 0 Å². The molecule has 0 N–H and O–H groups in total. The van der Waals surface area contributed by atoms with Crippen LogP contribution in [0.1, 0.15) is 32.0 Å². The van der Waals surface area contributed by atoms with Crippen molar-refractivity contribution in [3.63, 3.8) is 0 Å². The Morgan fingerprint density at radius 2 is 1.70 bits per heavy atom. The number of benzene rings is 3. The molecule has 1 fully saturated rings. The van der Waals surface area contributed by atoms with E-state index in [1.165, 1.54) is 49.7 Å². The van der Waals surface area contributed by atoms with E-state index in [0.717, 1.165) is 28.4 Å². The lowest BCUT2D eigenvalue weighted by Crippen LogP contribution is -2.14. The molecule has 1 aromatic heterocycles. The SMILES string of the molecule is C#C/C=C(\N=CC)C1=NC(c2ccccn2)=CC2C(C3=C[C@H](/C(C)=C/C=C\C(=C)c4ccc5c6c(cccc46)-c4ccccc4-5)C(C)C=C3)C12. The molecule has 3 nitrogen and oxygen atoms in total. The largest absolute Gasteiger partial charge is 0.259 e. The molecular formula is C47H39N3. The molecule has 5 atom stereocenters. The lowest BCUT2D eigenvalue weighted by atomic mass is 9.81. The molecule has 2 heterocycles. The van der Waals surface area contributed by atoms with Gasteiger partial charge in [0.05, 0.1) is 22.8 Å². The van der Waals surface area contributed by atoms with Crippen molar-refractivity contribution in [3.05, 3.63) is 162 Å². The minimum atomic E-state index is 0.230. The van der Waals surface area contributed by atoms with E-state index in [2.05, 4.69) is 133 Å². The van der Waals surface area contributed by atoms with Crippen molar-refractivity contribution in [2.24, 2.45) is 39.6 Å². The summed E-state index contributed by atoms with van der Waals surface area (Å²) in [5, 5.41) is 2.58. The average molecular weight is 646 g/mol. The van der Waals surface area contributed by atoms with Crippen molar-refractivity contribution >= 4 is 34.0 Å². The Morgan fingerprint density at radius 1 is 0.920 bits per heavy atom. The van der Waals surface area contributed by atoms with Gasteiger partial charge in [-0.15, -0.1) is 6.42 Å². The lowest BCUT2D eigenvalue weighted by Gasteiger charge is -2.24. The maximum atomic E-state index is 5.74. The van der Waals surface area contributed by atoms with E-state index < -0.39 is 0 Å². The van der Waals surface area contributed by atoms with Crippen molar-refractivity contribution < 1.29 is 0 Å². The Hall–Kier alpha value is -5.85. The smallest absolute Gasteiger partial charge is 0.0927 e. The van der Waals surface area contributed by atoms with Gasteiger partial charge in [0.25, 0.3) is 0 Å². The van der Waals surface area contributed by atoms with Gasteiger partial charge >= 0.3 is 0 Å². The third kappa shape index (κ3) is 5.38. The first-order chi connectivity index (χ1) is 24.5. The van der Waals surface area contributed by atoms with Crippen LogP contribution in [-0.4, -0.2) is 16.9 Å². The molecular weight excluding hydrogens is 607 g/mol. The maximum absolute atomic E-state index is 5.74. The highest BCUT2D eigenvalue weighted by Crippen LogP contribution is 2.58. The zero-order valence-corrected chi connectivity index (χ0v) is 28.7. The highest BCUT2D eigenvalue weighted by molar-refractivity contribution is 6.17. The summed E-state index contributed by atoms with van der Waals surface area (Å²) in [6.07, 6.45) is 27.1. The molecule has 0 amide bonds. The van der Waals surface area contributed by atoms with Gasteiger partial charge in [0.1, 0.15) is 0 Å². The van der Waals surface area contributed by atoms with E-state index in [4.69, 9.17) is 11.4 Å². The fourth-order valence-electron chi connectivity index (χ4n) is 8.20. The normalized spacial score (nSPS) is 23.7. The quantitative estimate of drug-likeness (QED) is 0.0940. The average Bonchev–Trinajstić information content (AvgIpc) is 3.79. The standard InChI is InChI=1S/C47H39N3/c1-6-14-42(48-7-2)47-46-40(28-43(50-47)41-21-10-11-26-49-41)44(46)32-23-22-31(5)39(27-32)30(4)16-12-15-29(3)33-24-25-38-35-18-9-8-17-34(35)37-20-13-19-36(33)45(37)38/h1,7-28,31,39-40,44,46H,3H2,2,4-5H3/b15-12-,30-16+,42-14-,48-7?/t31?,39-,40?,44?,46?/m1/s1. The molecule has 3 heteroatoms. The Morgan fingerprint density at radius 3 is 2.46 bits per heavy atom. The third-order valence-corrected chi connectivity index (χ3v) is 10.7. The van der Waals surface area contributed by atoms with Crippen LogP contribution in [0.5, 0.6) is 0 Å². The topological polar surface area (TPSA) is 37.6 Å². The highest BCUT2D eigenvalue weighted by Gasteiger charge is 2.55. The van der Waals surface area contributed by atoms with Gasteiger partial charge in [-0.25, -0.2) is 4.99 Å². The molecule has 50 heavy (non-hydrogen) atoms. The summed E-state index contributed by atoms with van der Waals surface area (Å²) in [5.41, 5.74) is 13.6. The molecule has 1 aliphatic heterocycles. The molecule has 4 aromatic rings. The predicted octanol–water partition coefficient (Wildman–Crippen LogP) is 11.1. The van der Waals surface area contributed by atoms with Crippen molar-refractivity contribution in [3.8, 4) is 34.6 Å². The highest BCUT2D eigenvalue weighted by atomic mass is 14.9. The summed E-state index contributed by atoms with van der Waals surface area (Å²) in [5.74, 6) is 4.22. The van der Waals surface area contributed by atoms with Gasteiger partial charge in [-0.1, -0.05) is 128 Å². The van der Waals surface area contributed by atoms with E-state index in [-0.39, 0.29) is 5.92 Å². The van der Waals surface area contributed by atoms with Crippen LogP contribution < -0.4 is 0 Å². The first-order valence-corrected chi connectivity index (χ1v) is 17.4. The molecule has 3 aliphatic carbocycles. The van der Waals surface area contributed by atoms with Crippen LogP contribution in [0.15, 0.2) is 161 Å². The van der Waals surface area contributed by atoms with Crippen LogP contribution in [0.4, 0.5) is 0 Å². The van der Waals surface area contributed by atoms with Gasteiger partial charge in [0, 0.05) is 30.3 Å². The Labute approximate surface area is 295 Å². The molecule has 242 valence electrons. The van der Waals surface area contributed by atoms with E-state index >= 15 is 0 Å². The second kappa shape index (κ2) is 12.9. The Bertz CT molecular complexity index is 2320. The van der Waals surface area contributed by atoms with Crippen molar-refractivity contribution in [1.29, 1.82) is 0 Å². The molecule has 0 radical (unpaired) electrons. The van der Waals surface area contributed by atoms with Gasteiger partial charge in [-0.2, -0.15) is 0 Å². The maximum Gasteiger partial charge on any atom is 0.0927 e. The fourth-order valence-corrected chi connectivity index (χ4v) is 8.20. The minimum Gasteiger partial charge on any atom is -0.259 e. The van der Waals surface area contributed by atoms with Gasteiger partial charge in [-0.05, 0) is 93.5 Å². The fraction of sp³-hybridized carbons (Fsp3) is 0.170. The van der Waals surface area contributed by atoms with Crippen LogP contribution in [0.25, 0.3) is 44.3 Å². The summed E-state index contributed by atoms with van der Waals surface area (Å²) in [6.45, 7) is 11.0. The van der Waals surface area contributed by atoms with Gasteiger partial charge in [-0.3, -0.25) is 9.98 Å². The molecule has 0 bridgehead atoms. The van der Waals surface area contributed by atoms with Crippen LogP contribution in [0.2, 0.25) is 0 Å². The number of aliphatic imine (C=N–C) groups is 2. The number of hydrogen-bond donors (Lipinski definition) is 0. The zero-order chi connectivity index (χ0) is 34.4. The van der Waals surface area contributed by atoms with Crippen molar-refractivity contribution in [2.45, 2.75) is 20.8 Å². The van der Waals surface area contributed by atoms with Crippen LogP contribution in [0.3, 0.4) is 0 Å². The Kier molecular flexibility index (Phi) is 8.09. The number of fused-ring (bicyclic) bond motifs is 4. The number of nitrogens with zero attached hydrogens (tertiary/aromatic N) is 3. The zero-order valence-electron chi connectivity index (χ0n) is 28.7. The summed E-state index contributed by atoms with van der Waals surface area (Å²) >= 11 is 0. The molecule has 0 spiro atoms. The van der Waals surface area contributed by atoms with Crippen molar-refractivity contribution in [1.82, 2.24) is 4.98 Å². The van der Waals surface area contributed by atoms with Crippen molar-refractivity contribution in [2.75, 3.05) is 0 Å². The molecule has 0 saturated heterocycles. The van der Waals surface area contributed by atoms with E-state index in [1.807, 2.05) is 31.3 Å². The number of pyridine rings is 1. The summed E-state index contributed by atoms with van der Waals surface area (Å²) in [6, 6.07) is 25.8. The second-order valence-corrected chi connectivity index (χ2v) is 13.6. The van der Waals surface area contributed by atoms with Gasteiger partial charge in [0.2, 0.25) is 0 Å². The van der Waals surface area contributed by atoms with Crippen LogP contribution in [0, 0.1) is 41.9 Å². The lowest BCUT2D eigenvalue weighted by molar-refractivity contribution is 0.567. The number of hydrogen-bond acceptors (Lipinski definition) is 3. The number of aromatic nitrogens is 1. The molecule has 1 saturated carbocycles. The number of terminal acetylenes is 1. The molecule has 4 unspecified atom stereocenters.